The second kappa shape index (κ2) is 6.12. The molecule has 1 atom stereocenters. The van der Waals surface area contributed by atoms with Crippen LogP contribution < -0.4 is 0 Å². The second-order valence-electron chi connectivity index (χ2n) is 4.30. The number of aryl methyl sites for hydroxylation is 1. The minimum atomic E-state index is -0.452. The van der Waals surface area contributed by atoms with Crippen LogP contribution in [0, 0.1) is 0 Å². The first-order valence-corrected chi connectivity index (χ1v) is 6.14. The summed E-state index contributed by atoms with van der Waals surface area (Å²) in [4.78, 5) is 4.35. The maximum Gasteiger partial charge on any atom is 0.226 e. The summed E-state index contributed by atoms with van der Waals surface area (Å²) in [7, 11) is 1.67. The number of aromatic nitrogens is 2. The average molecular weight is 242 g/mol. The van der Waals surface area contributed by atoms with Crippen LogP contribution in [0.25, 0.3) is 0 Å². The van der Waals surface area contributed by atoms with E-state index in [0.717, 1.165) is 12.8 Å². The molecule has 0 aliphatic rings. The lowest BCUT2D eigenvalue weighted by Gasteiger charge is -2.25. The number of hydrogen-bond donors (Lipinski definition) is 1. The molecule has 0 radical (unpaired) electrons. The van der Waals surface area contributed by atoms with Crippen molar-refractivity contribution in [2.75, 3.05) is 7.11 Å². The van der Waals surface area contributed by atoms with Gasteiger partial charge in [-0.2, -0.15) is 4.98 Å². The van der Waals surface area contributed by atoms with E-state index in [1.165, 1.54) is 0 Å². The second-order valence-corrected chi connectivity index (χ2v) is 4.30. The molecule has 1 aromatic heterocycles. The molecule has 1 aromatic rings. The molecule has 1 unspecified atom stereocenters. The van der Waals surface area contributed by atoms with Crippen molar-refractivity contribution in [2.45, 2.75) is 58.2 Å². The fraction of sp³-hybridized carbons (Fsp3) is 0.833. The van der Waals surface area contributed by atoms with Gasteiger partial charge in [-0.15, -0.1) is 0 Å². The molecule has 0 aromatic carbocycles. The standard InChI is InChI=1S/C12H22N2O3/c1-5-12(6-2,16-4)11-13-10(17-14-11)8-7-9(3)15/h9,15H,5-8H2,1-4H3. The van der Waals surface area contributed by atoms with Gasteiger partial charge in [0.15, 0.2) is 0 Å². The van der Waals surface area contributed by atoms with E-state index in [-0.39, 0.29) is 6.10 Å². The lowest BCUT2D eigenvalue weighted by Crippen LogP contribution is -2.28. The lowest BCUT2D eigenvalue weighted by atomic mass is 9.96. The van der Waals surface area contributed by atoms with Crippen LogP contribution in [0.3, 0.4) is 0 Å². The number of rotatable bonds is 7. The van der Waals surface area contributed by atoms with Crippen LogP contribution in [0.1, 0.15) is 51.7 Å². The highest BCUT2D eigenvalue weighted by atomic mass is 16.5. The number of nitrogens with zero attached hydrogens (tertiary/aromatic N) is 2. The summed E-state index contributed by atoms with van der Waals surface area (Å²) >= 11 is 0. The van der Waals surface area contributed by atoms with Crippen molar-refractivity contribution >= 4 is 0 Å². The highest BCUT2D eigenvalue weighted by Crippen LogP contribution is 2.30. The normalized spacial score (nSPS) is 13.9. The van der Waals surface area contributed by atoms with E-state index in [4.69, 9.17) is 9.26 Å². The monoisotopic (exact) mass is 242 g/mol. The van der Waals surface area contributed by atoms with Gasteiger partial charge < -0.3 is 14.4 Å². The first-order valence-electron chi connectivity index (χ1n) is 6.14. The minimum Gasteiger partial charge on any atom is -0.393 e. The molecule has 98 valence electrons. The molecule has 1 rings (SSSR count). The Labute approximate surface area is 102 Å². The summed E-state index contributed by atoms with van der Waals surface area (Å²) in [5.41, 5.74) is -0.452. The number of aliphatic hydroxyl groups excluding tert-OH is 1. The SMILES string of the molecule is CCC(CC)(OC)c1noc(CCC(C)O)n1. The van der Waals surface area contributed by atoms with Crippen molar-refractivity contribution in [3.8, 4) is 0 Å². The summed E-state index contributed by atoms with van der Waals surface area (Å²) in [6, 6.07) is 0. The van der Waals surface area contributed by atoms with Gasteiger partial charge in [0, 0.05) is 13.5 Å². The van der Waals surface area contributed by atoms with Gasteiger partial charge in [0.05, 0.1) is 6.10 Å². The largest absolute Gasteiger partial charge is 0.393 e. The minimum absolute atomic E-state index is 0.352. The van der Waals surface area contributed by atoms with Crippen molar-refractivity contribution in [1.82, 2.24) is 10.1 Å². The van der Waals surface area contributed by atoms with Gasteiger partial charge in [0.1, 0.15) is 5.60 Å². The molecule has 0 saturated carbocycles. The maximum atomic E-state index is 9.20. The summed E-state index contributed by atoms with van der Waals surface area (Å²) in [6.45, 7) is 5.83. The molecule has 0 saturated heterocycles. The molecule has 5 nitrogen and oxygen atoms in total. The molecular weight excluding hydrogens is 220 g/mol. The third-order valence-electron chi connectivity index (χ3n) is 3.18. The molecule has 0 spiro atoms. The van der Waals surface area contributed by atoms with Crippen LogP contribution in [-0.2, 0) is 16.8 Å². The maximum absolute atomic E-state index is 9.20. The molecule has 0 aliphatic heterocycles. The van der Waals surface area contributed by atoms with E-state index in [2.05, 4.69) is 10.1 Å². The molecule has 0 aliphatic carbocycles. The summed E-state index contributed by atoms with van der Waals surface area (Å²) < 4.78 is 10.7. The molecule has 17 heavy (non-hydrogen) atoms. The van der Waals surface area contributed by atoms with E-state index < -0.39 is 5.60 Å². The quantitative estimate of drug-likeness (QED) is 0.792. The van der Waals surface area contributed by atoms with Crippen molar-refractivity contribution in [3.63, 3.8) is 0 Å². The van der Waals surface area contributed by atoms with E-state index >= 15 is 0 Å². The van der Waals surface area contributed by atoms with Gasteiger partial charge in [-0.25, -0.2) is 0 Å². The van der Waals surface area contributed by atoms with Crippen molar-refractivity contribution < 1.29 is 14.4 Å². The Morgan fingerprint density at radius 2 is 2.06 bits per heavy atom. The van der Waals surface area contributed by atoms with E-state index in [1.54, 1.807) is 14.0 Å². The summed E-state index contributed by atoms with van der Waals surface area (Å²) in [5, 5.41) is 13.2. The lowest BCUT2D eigenvalue weighted by molar-refractivity contribution is -0.0306. The predicted molar refractivity (Wildman–Crippen MR) is 63.6 cm³/mol. The van der Waals surface area contributed by atoms with Crippen molar-refractivity contribution in [1.29, 1.82) is 0 Å². The van der Waals surface area contributed by atoms with Crippen molar-refractivity contribution in [3.05, 3.63) is 11.7 Å². The summed E-state index contributed by atoms with van der Waals surface area (Å²) in [5.74, 6) is 1.16. The highest BCUT2D eigenvalue weighted by Gasteiger charge is 2.33. The van der Waals surface area contributed by atoms with Crippen LogP contribution >= 0.6 is 0 Å². The zero-order valence-electron chi connectivity index (χ0n) is 11.1. The molecule has 5 heteroatoms. The topological polar surface area (TPSA) is 68.4 Å². The molecule has 1 heterocycles. The van der Waals surface area contributed by atoms with Crippen LogP contribution in [0.5, 0.6) is 0 Å². The van der Waals surface area contributed by atoms with Gasteiger partial charge in [0.25, 0.3) is 0 Å². The highest BCUT2D eigenvalue weighted by molar-refractivity contribution is 5.01. The van der Waals surface area contributed by atoms with Gasteiger partial charge >= 0.3 is 0 Å². The number of methoxy groups -OCH3 is 1. The zero-order valence-corrected chi connectivity index (χ0v) is 11.1. The zero-order chi connectivity index (χ0) is 12.9. The molecular formula is C12H22N2O3. The van der Waals surface area contributed by atoms with E-state index in [9.17, 15) is 5.11 Å². The molecule has 0 bridgehead atoms. The Morgan fingerprint density at radius 1 is 1.41 bits per heavy atom. The third kappa shape index (κ3) is 3.26. The average Bonchev–Trinajstić information content (AvgIpc) is 2.79. The summed E-state index contributed by atoms with van der Waals surface area (Å²) in [6.07, 6.45) is 2.47. The first kappa shape index (κ1) is 14.1. The molecule has 0 amide bonds. The van der Waals surface area contributed by atoms with Gasteiger partial charge in [0.2, 0.25) is 11.7 Å². The van der Waals surface area contributed by atoms with Gasteiger partial charge in [-0.3, -0.25) is 0 Å². The fourth-order valence-corrected chi connectivity index (χ4v) is 1.82. The van der Waals surface area contributed by atoms with Crippen LogP contribution in [0.4, 0.5) is 0 Å². The van der Waals surface area contributed by atoms with Crippen LogP contribution in [0.2, 0.25) is 0 Å². The molecule has 0 fully saturated rings. The Morgan fingerprint density at radius 3 is 2.53 bits per heavy atom. The van der Waals surface area contributed by atoms with Crippen molar-refractivity contribution in [2.24, 2.45) is 0 Å². The Kier molecular flexibility index (Phi) is 5.08. The number of aliphatic hydroxyl groups is 1. The Hall–Kier alpha value is -0.940. The number of hydrogen-bond acceptors (Lipinski definition) is 5. The number of ether oxygens (including phenoxy) is 1. The smallest absolute Gasteiger partial charge is 0.226 e. The van der Waals surface area contributed by atoms with Crippen LogP contribution in [-0.4, -0.2) is 28.5 Å². The third-order valence-corrected chi connectivity index (χ3v) is 3.18. The van der Waals surface area contributed by atoms with E-state index in [1.807, 2.05) is 13.8 Å². The Balaban J connectivity index is 2.78. The fourth-order valence-electron chi connectivity index (χ4n) is 1.82. The van der Waals surface area contributed by atoms with Crippen LogP contribution in [0.15, 0.2) is 4.52 Å². The van der Waals surface area contributed by atoms with Gasteiger partial charge in [-0.1, -0.05) is 19.0 Å². The predicted octanol–water partition coefficient (Wildman–Crippen LogP) is 2.04. The Bertz CT molecular complexity index is 324. The molecule has 1 N–H and O–H groups in total. The van der Waals surface area contributed by atoms with Gasteiger partial charge in [-0.05, 0) is 26.2 Å². The van der Waals surface area contributed by atoms with E-state index in [0.29, 0.717) is 24.6 Å². The first-order chi connectivity index (χ1) is 8.07.